The number of rotatable bonds is 3. The Kier molecular flexibility index (Phi) is 3.85. The van der Waals surface area contributed by atoms with Gasteiger partial charge in [-0.05, 0) is 48.9 Å². The van der Waals surface area contributed by atoms with Crippen molar-refractivity contribution in [1.82, 2.24) is 0 Å². The topological polar surface area (TPSA) is 59.1 Å². The zero-order chi connectivity index (χ0) is 14.0. The first kappa shape index (κ1) is 13.5. The maximum Gasteiger partial charge on any atom is 0.139 e. The molecule has 0 fully saturated rings. The van der Waals surface area contributed by atoms with Gasteiger partial charge in [0.2, 0.25) is 0 Å². The Morgan fingerprint density at radius 3 is 2.63 bits per heavy atom. The summed E-state index contributed by atoms with van der Waals surface area (Å²) in [5.41, 5.74) is 6.49. The van der Waals surface area contributed by atoms with Crippen molar-refractivity contribution in [2.24, 2.45) is 5.73 Å². The van der Waals surface area contributed by atoms with Crippen LogP contribution in [0.15, 0.2) is 40.9 Å². The van der Waals surface area contributed by atoms with Gasteiger partial charge in [0.1, 0.15) is 23.2 Å². The lowest BCUT2D eigenvalue weighted by molar-refractivity contribution is 0.478. The summed E-state index contributed by atoms with van der Waals surface area (Å²) in [7, 11) is 0. The van der Waals surface area contributed by atoms with E-state index >= 15 is 0 Å². The van der Waals surface area contributed by atoms with Gasteiger partial charge in [-0.2, -0.15) is 0 Å². The fraction of sp³-hybridized carbons (Fsp3) is 0.0714. The number of ether oxygens (including phenoxy) is 1. The highest BCUT2D eigenvalue weighted by Crippen LogP contribution is 2.29. The average Bonchev–Trinajstić information content (AvgIpc) is 2.33. The van der Waals surface area contributed by atoms with Crippen molar-refractivity contribution < 1.29 is 9.13 Å². The van der Waals surface area contributed by atoms with E-state index in [1.54, 1.807) is 31.2 Å². The maximum atomic E-state index is 13.2. The van der Waals surface area contributed by atoms with Gasteiger partial charge in [-0.15, -0.1) is 0 Å². The molecule has 19 heavy (non-hydrogen) atoms. The molecular formula is C14H12BrFN2O. The molecule has 2 aromatic carbocycles. The molecule has 2 rings (SSSR count). The molecule has 0 unspecified atom stereocenters. The second-order valence-electron chi connectivity index (χ2n) is 4.07. The first-order valence-electron chi connectivity index (χ1n) is 5.55. The van der Waals surface area contributed by atoms with Gasteiger partial charge in [0, 0.05) is 4.47 Å². The van der Waals surface area contributed by atoms with Crippen molar-refractivity contribution in [1.29, 1.82) is 5.41 Å². The first-order chi connectivity index (χ1) is 8.97. The summed E-state index contributed by atoms with van der Waals surface area (Å²) in [4.78, 5) is 0. The lowest BCUT2D eigenvalue weighted by Gasteiger charge is -2.11. The van der Waals surface area contributed by atoms with Crippen molar-refractivity contribution in [3.8, 4) is 11.5 Å². The Bertz CT molecular complexity index is 643. The molecule has 2 aromatic rings. The fourth-order valence-electron chi connectivity index (χ4n) is 1.61. The zero-order valence-corrected chi connectivity index (χ0v) is 11.8. The number of halogens is 2. The molecule has 0 bridgehead atoms. The molecule has 0 aromatic heterocycles. The molecule has 0 aliphatic carbocycles. The van der Waals surface area contributed by atoms with E-state index < -0.39 is 0 Å². The third-order valence-corrected chi connectivity index (χ3v) is 3.08. The Morgan fingerprint density at radius 2 is 2.00 bits per heavy atom. The van der Waals surface area contributed by atoms with E-state index in [0.29, 0.717) is 22.6 Å². The van der Waals surface area contributed by atoms with E-state index in [1.807, 2.05) is 0 Å². The molecule has 0 saturated carbocycles. The third kappa shape index (κ3) is 3.12. The second kappa shape index (κ2) is 5.40. The monoisotopic (exact) mass is 322 g/mol. The number of benzene rings is 2. The number of nitrogens with two attached hydrogens (primary N) is 1. The summed E-state index contributed by atoms with van der Waals surface area (Å²) in [6.45, 7) is 1.66. The molecule has 5 heteroatoms. The molecule has 0 aliphatic heterocycles. The highest BCUT2D eigenvalue weighted by Gasteiger charge is 2.09. The number of nitrogen functional groups attached to an aromatic ring is 1. The molecular weight excluding hydrogens is 311 g/mol. The van der Waals surface area contributed by atoms with Gasteiger partial charge in [-0.25, -0.2) is 4.39 Å². The van der Waals surface area contributed by atoms with Crippen LogP contribution in [-0.4, -0.2) is 5.84 Å². The lowest BCUT2D eigenvalue weighted by atomic mass is 10.2. The molecule has 0 heterocycles. The standard InChI is InChI=1S/C14H12BrFN2O/c1-8-6-10(3-5-12(8)16)19-13-7-9(15)2-4-11(13)14(17)18/h2-7H,1H3,(H3,17,18). The largest absolute Gasteiger partial charge is 0.457 e. The summed E-state index contributed by atoms with van der Waals surface area (Å²) in [6, 6.07) is 9.66. The van der Waals surface area contributed by atoms with E-state index in [1.165, 1.54) is 12.1 Å². The lowest BCUT2D eigenvalue weighted by Crippen LogP contribution is -2.12. The summed E-state index contributed by atoms with van der Waals surface area (Å²) in [5.74, 6) is 0.585. The van der Waals surface area contributed by atoms with E-state index in [2.05, 4.69) is 15.9 Å². The Morgan fingerprint density at radius 1 is 1.26 bits per heavy atom. The number of hydrogen-bond donors (Lipinski definition) is 2. The predicted molar refractivity (Wildman–Crippen MR) is 76.4 cm³/mol. The highest BCUT2D eigenvalue weighted by atomic mass is 79.9. The minimum absolute atomic E-state index is 0.0821. The van der Waals surface area contributed by atoms with Gasteiger partial charge in [-0.3, -0.25) is 5.41 Å². The minimum atomic E-state index is -0.284. The predicted octanol–water partition coefficient (Wildman–Crippen LogP) is 3.97. The number of amidine groups is 1. The molecule has 0 saturated heterocycles. The number of aryl methyl sites for hydroxylation is 1. The van der Waals surface area contributed by atoms with Crippen LogP contribution in [0.5, 0.6) is 11.5 Å². The smallest absolute Gasteiger partial charge is 0.139 e. The second-order valence-corrected chi connectivity index (χ2v) is 4.98. The third-order valence-electron chi connectivity index (χ3n) is 2.59. The van der Waals surface area contributed by atoms with Gasteiger partial charge in [0.15, 0.2) is 0 Å². The minimum Gasteiger partial charge on any atom is -0.457 e. The number of hydrogen-bond acceptors (Lipinski definition) is 2. The summed E-state index contributed by atoms with van der Waals surface area (Å²) >= 11 is 3.33. The van der Waals surface area contributed by atoms with Gasteiger partial charge >= 0.3 is 0 Å². The van der Waals surface area contributed by atoms with Crippen molar-refractivity contribution >= 4 is 21.8 Å². The van der Waals surface area contributed by atoms with Crippen LogP contribution in [0.2, 0.25) is 0 Å². The molecule has 0 aliphatic rings. The van der Waals surface area contributed by atoms with E-state index in [-0.39, 0.29) is 11.7 Å². The normalized spacial score (nSPS) is 10.3. The van der Waals surface area contributed by atoms with Crippen molar-refractivity contribution in [3.05, 3.63) is 57.8 Å². The van der Waals surface area contributed by atoms with Crippen LogP contribution >= 0.6 is 15.9 Å². The molecule has 0 radical (unpaired) electrons. The highest BCUT2D eigenvalue weighted by molar-refractivity contribution is 9.10. The zero-order valence-electron chi connectivity index (χ0n) is 10.2. The summed E-state index contributed by atoms with van der Waals surface area (Å²) in [6.07, 6.45) is 0. The molecule has 3 nitrogen and oxygen atoms in total. The molecule has 98 valence electrons. The van der Waals surface area contributed by atoms with Gasteiger partial charge in [0.05, 0.1) is 5.56 Å². The summed E-state index contributed by atoms with van der Waals surface area (Å²) < 4.78 is 19.7. The Labute approximate surface area is 118 Å². The first-order valence-corrected chi connectivity index (χ1v) is 6.34. The molecule has 3 N–H and O–H groups in total. The van der Waals surface area contributed by atoms with Crippen LogP contribution in [0.25, 0.3) is 0 Å². The Balaban J connectivity index is 2.39. The van der Waals surface area contributed by atoms with E-state index in [9.17, 15) is 4.39 Å². The van der Waals surface area contributed by atoms with E-state index in [0.717, 1.165) is 4.47 Å². The number of nitrogens with one attached hydrogen (secondary N) is 1. The quantitative estimate of drug-likeness (QED) is 0.663. The van der Waals surface area contributed by atoms with Crippen LogP contribution in [0.1, 0.15) is 11.1 Å². The Hall–Kier alpha value is -1.88. The van der Waals surface area contributed by atoms with Crippen LogP contribution in [0.3, 0.4) is 0 Å². The van der Waals surface area contributed by atoms with Gasteiger partial charge in [0.25, 0.3) is 0 Å². The van der Waals surface area contributed by atoms with Crippen LogP contribution in [-0.2, 0) is 0 Å². The van der Waals surface area contributed by atoms with Crippen LogP contribution in [0, 0.1) is 18.2 Å². The van der Waals surface area contributed by atoms with Gasteiger partial charge in [-0.1, -0.05) is 15.9 Å². The van der Waals surface area contributed by atoms with Gasteiger partial charge < -0.3 is 10.5 Å². The molecule has 0 spiro atoms. The average molecular weight is 323 g/mol. The van der Waals surface area contributed by atoms with Crippen molar-refractivity contribution in [3.63, 3.8) is 0 Å². The maximum absolute atomic E-state index is 13.2. The summed E-state index contributed by atoms with van der Waals surface area (Å²) in [5, 5.41) is 7.51. The SMILES string of the molecule is Cc1cc(Oc2cc(Br)ccc2C(=N)N)ccc1F. The van der Waals surface area contributed by atoms with Crippen molar-refractivity contribution in [2.75, 3.05) is 0 Å². The van der Waals surface area contributed by atoms with Crippen LogP contribution < -0.4 is 10.5 Å². The molecule has 0 amide bonds. The van der Waals surface area contributed by atoms with Crippen molar-refractivity contribution in [2.45, 2.75) is 6.92 Å². The van der Waals surface area contributed by atoms with E-state index in [4.69, 9.17) is 15.9 Å². The van der Waals surface area contributed by atoms with Crippen LogP contribution in [0.4, 0.5) is 4.39 Å². The fourth-order valence-corrected chi connectivity index (χ4v) is 1.95. The molecule has 0 atom stereocenters.